The number of carbonyl (C=O) groups excluding carboxylic acids is 1. The Kier molecular flexibility index (Phi) is 6.97. The Labute approximate surface area is 212 Å². The highest BCUT2D eigenvalue weighted by atomic mass is 32.2. The smallest absolute Gasteiger partial charge is 0.335 e. The van der Waals surface area contributed by atoms with Crippen LogP contribution in [0.3, 0.4) is 0 Å². The minimum atomic E-state index is -1.10. The predicted molar refractivity (Wildman–Crippen MR) is 134 cm³/mol. The minimum absolute atomic E-state index is 0.0157. The molecule has 13 heteroatoms. The van der Waals surface area contributed by atoms with Crippen LogP contribution in [0, 0.1) is 20.2 Å². The average molecular weight is 520 g/mol. The van der Waals surface area contributed by atoms with Gasteiger partial charge in [0, 0.05) is 11.6 Å². The first-order valence-corrected chi connectivity index (χ1v) is 11.3. The number of nitro benzene ring substituents is 2. The molecule has 1 aliphatic rings. The molecule has 0 unspecified atom stereocenters. The number of carbonyl (C=O) groups is 2. The van der Waals surface area contributed by atoms with Gasteiger partial charge in [-0.1, -0.05) is 30.3 Å². The molecule has 186 valence electrons. The van der Waals surface area contributed by atoms with E-state index in [1.165, 1.54) is 17.0 Å². The van der Waals surface area contributed by atoms with Gasteiger partial charge in [-0.05, 0) is 47.7 Å². The van der Waals surface area contributed by atoms with E-state index in [1.807, 2.05) is 0 Å². The van der Waals surface area contributed by atoms with Crippen molar-refractivity contribution >= 4 is 51.9 Å². The Morgan fingerprint density at radius 2 is 1.70 bits per heavy atom. The normalized spacial score (nSPS) is 15.4. The predicted octanol–water partition coefficient (Wildman–Crippen LogP) is 4.71. The average Bonchev–Trinajstić information content (AvgIpc) is 3.14. The van der Waals surface area contributed by atoms with Crippen molar-refractivity contribution in [2.45, 2.75) is 6.54 Å². The molecule has 0 radical (unpaired) electrons. The van der Waals surface area contributed by atoms with Gasteiger partial charge in [0.15, 0.2) is 5.17 Å². The summed E-state index contributed by atoms with van der Waals surface area (Å²) in [4.78, 5) is 51.1. The molecule has 0 saturated carbocycles. The number of thioether (sulfide) groups is 1. The van der Waals surface area contributed by atoms with Gasteiger partial charge < -0.3 is 10.2 Å². The van der Waals surface area contributed by atoms with Crippen molar-refractivity contribution in [3.05, 3.63) is 109 Å². The van der Waals surface area contributed by atoms with Gasteiger partial charge in [-0.2, -0.15) is 0 Å². The molecule has 1 saturated heterocycles. The number of carboxylic acid groups (broad SMARTS) is 1. The summed E-state index contributed by atoms with van der Waals surface area (Å²) in [5.74, 6) is -2.47. The zero-order valence-corrected chi connectivity index (χ0v) is 19.5. The Bertz CT molecular complexity index is 1490. The van der Waals surface area contributed by atoms with E-state index >= 15 is 0 Å². The van der Waals surface area contributed by atoms with E-state index in [1.54, 1.807) is 42.5 Å². The number of rotatable bonds is 7. The molecule has 0 aromatic heterocycles. The SMILES string of the molecule is O=C(O)c1ccc(CN2C(=O)/C(=C/c3cc([N+](=O)[O-])cc([N+](=O)[O-])c3O)SC2=Nc2ccccc2)cc1. The van der Waals surface area contributed by atoms with Gasteiger partial charge in [-0.25, -0.2) is 9.79 Å². The number of non-ortho nitro benzene ring substituents is 1. The molecular weight excluding hydrogens is 504 g/mol. The first kappa shape index (κ1) is 25.1. The Hall–Kier alpha value is -5.04. The summed E-state index contributed by atoms with van der Waals surface area (Å²) in [6.07, 6.45) is 1.14. The second-order valence-electron chi connectivity index (χ2n) is 7.65. The molecule has 3 aromatic rings. The summed E-state index contributed by atoms with van der Waals surface area (Å²) >= 11 is 0.924. The fourth-order valence-electron chi connectivity index (χ4n) is 3.40. The van der Waals surface area contributed by atoms with Gasteiger partial charge in [0.05, 0.1) is 38.6 Å². The maximum atomic E-state index is 13.4. The van der Waals surface area contributed by atoms with Gasteiger partial charge in [-0.15, -0.1) is 0 Å². The van der Waals surface area contributed by atoms with Crippen LogP contribution in [0.25, 0.3) is 6.08 Å². The summed E-state index contributed by atoms with van der Waals surface area (Å²) in [5, 5.41) is 42.3. The van der Waals surface area contributed by atoms with Gasteiger partial charge in [0.1, 0.15) is 0 Å². The number of hydrogen-bond donors (Lipinski definition) is 2. The second kappa shape index (κ2) is 10.3. The van der Waals surface area contributed by atoms with Crippen molar-refractivity contribution in [1.29, 1.82) is 0 Å². The molecule has 12 nitrogen and oxygen atoms in total. The number of phenols is 1. The van der Waals surface area contributed by atoms with Crippen LogP contribution in [0.1, 0.15) is 21.5 Å². The van der Waals surface area contributed by atoms with Gasteiger partial charge in [0.25, 0.3) is 11.6 Å². The van der Waals surface area contributed by atoms with Crippen molar-refractivity contribution in [3.63, 3.8) is 0 Å². The summed E-state index contributed by atoms with van der Waals surface area (Å²) in [6, 6.07) is 16.2. The number of amidine groups is 1. The molecule has 1 fully saturated rings. The quantitative estimate of drug-likeness (QED) is 0.254. The number of aliphatic imine (C=N–C) groups is 1. The fourth-order valence-corrected chi connectivity index (χ4v) is 4.39. The first-order chi connectivity index (χ1) is 17.6. The van der Waals surface area contributed by atoms with E-state index in [2.05, 4.69) is 4.99 Å². The lowest BCUT2D eigenvalue weighted by atomic mass is 10.1. The number of nitro groups is 2. The van der Waals surface area contributed by atoms with Crippen LogP contribution < -0.4 is 0 Å². The van der Waals surface area contributed by atoms with Crippen molar-refractivity contribution in [2.24, 2.45) is 4.99 Å². The summed E-state index contributed by atoms with van der Waals surface area (Å²) in [5.41, 5.74) is -0.546. The van der Waals surface area contributed by atoms with Crippen LogP contribution in [0.4, 0.5) is 17.1 Å². The van der Waals surface area contributed by atoms with Crippen LogP contribution in [0.5, 0.6) is 5.75 Å². The number of phenolic OH excluding ortho intramolecular Hbond substituents is 1. The molecule has 1 aliphatic heterocycles. The molecule has 0 atom stereocenters. The molecule has 0 bridgehead atoms. The lowest BCUT2D eigenvalue weighted by Crippen LogP contribution is -2.28. The highest BCUT2D eigenvalue weighted by Crippen LogP contribution is 2.40. The maximum Gasteiger partial charge on any atom is 0.335 e. The van der Waals surface area contributed by atoms with Gasteiger partial charge in [-0.3, -0.25) is 29.9 Å². The number of nitrogens with zero attached hydrogens (tertiary/aromatic N) is 4. The zero-order valence-electron chi connectivity index (χ0n) is 18.7. The third-order valence-corrected chi connectivity index (χ3v) is 6.22. The fraction of sp³-hybridized carbons (Fsp3) is 0.0417. The van der Waals surface area contributed by atoms with Crippen molar-refractivity contribution in [1.82, 2.24) is 4.90 Å². The lowest BCUT2D eigenvalue weighted by molar-refractivity contribution is -0.394. The Balaban J connectivity index is 1.77. The van der Waals surface area contributed by atoms with E-state index in [0.29, 0.717) is 17.3 Å². The molecule has 0 spiro atoms. The molecule has 37 heavy (non-hydrogen) atoms. The van der Waals surface area contributed by atoms with Crippen molar-refractivity contribution in [2.75, 3.05) is 0 Å². The largest absolute Gasteiger partial charge is 0.502 e. The van der Waals surface area contributed by atoms with Gasteiger partial charge in [0.2, 0.25) is 5.75 Å². The highest BCUT2D eigenvalue weighted by molar-refractivity contribution is 8.18. The van der Waals surface area contributed by atoms with E-state index < -0.39 is 38.8 Å². The van der Waals surface area contributed by atoms with Crippen LogP contribution in [0.2, 0.25) is 0 Å². The lowest BCUT2D eigenvalue weighted by Gasteiger charge is -2.16. The summed E-state index contributed by atoms with van der Waals surface area (Å²) in [6.45, 7) is 0.0236. The number of hydrogen-bond acceptors (Lipinski definition) is 9. The van der Waals surface area contributed by atoms with E-state index in [4.69, 9.17) is 5.11 Å². The van der Waals surface area contributed by atoms with Crippen LogP contribution >= 0.6 is 11.8 Å². The molecule has 1 amide bonds. The molecule has 4 rings (SSSR count). The topological polar surface area (TPSA) is 176 Å². The molecular formula is C24H16N4O8S. The van der Waals surface area contributed by atoms with E-state index in [9.17, 15) is 34.9 Å². The van der Waals surface area contributed by atoms with E-state index in [0.717, 1.165) is 23.9 Å². The first-order valence-electron chi connectivity index (χ1n) is 10.5. The van der Waals surface area contributed by atoms with E-state index in [-0.39, 0.29) is 27.7 Å². The van der Waals surface area contributed by atoms with Crippen molar-refractivity contribution in [3.8, 4) is 5.75 Å². The second-order valence-corrected chi connectivity index (χ2v) is 8.66. The van der Waals surface area contributed by atoms with Crippen LogP contribution in [0.15, 0.2) is 76.6 Å². The monoisotopic (exact) mass is 520 g/mol. The molecule has 2 N–H and O–H groups in total. The number of para-hydroxylation sites is 1. The number of amides is 1. The number of aromatic carboxylic acids is 1. The summed E-state index contributed by atoms with van der Waals surface area (Å²) in [7, 11) is 0. The highest BCUT2D eigenvalue weighted by Gasteiger charge is 2.34. The third-order valence-electron chi connectivity index (χ3n) is 5.21. The standard InChI is InChI=1S/C24H16N4O8S/c29-21-16(10-18(27(33)34)12-19(21)28(35)36)11-20-22(30)26(13-14-6-8-15(9-7-14)23(31)32)24(37-20)25-17-4-2-1-3-5-17/h1-12,29H,13H2,(H,31,32)/b20-11-,25-24?. The van der Waals surface area contributed by atoms with Gasteiger partial charge >= 0.3 is 11.7 Å². The Morgan fingerprint density at radius 1 is 1.03 bits per heavy atom. The number of carboxylic acids is 1. The van der Waals surface area contributed by atoms with Crippen LogP contribution in [-0.2, 0) is 11.3 Å². The molecule has 1 heterocycles. The van der Waals surface area contributed by atoms with Crippen molar-refractivity contribution < 1.29 is 29.6 Å². The number of benzene rings is 3. The summed E-state index contributed by atoms with van der Waals surface area (Å²) < 4.78 is 0. The molecule has 0 aliphatic carbocycles. The Morgan fingerprint density at radius 3 is 2.30 bits per heavy atom. The molecule has 3 aromatic carbocycles. The van der Waals surface area contributed by atoms with Crippen LogP contribution in [-0.4, -0.2) is 42.0 Å². The number of aromatic hydroxyl groups is 1. The third kappa shape index (κ3) is 5.46. The minimum Gasteiger partial charge on any atom is -0.502 e. The zero-order chi connectivity index (χ0) is 26.7. The maximum absolute atomic E-state index is 13.4.